The molecular formula is C14H20BrFN2. The van der Waals surface area contributed by atoms with Crippen LogP contribution in [0.1, 0.15) is 25.3 Å². The molecule has 18 heavy (non-hydrogen) atoms. The number of likely N-dealkylation sites (tertiary alicyclic amines) is 1. The SMILES string of the molecule is CCNCC1CCCN1Cc1ccc(F)cc1Br. The predicted molar refractivity (Wildman–Crippen MR) is 76.1 cm³/mol. The standard InChI is InChI=1S/C14H20BrFN2/c1-2-17-9-13-4-3-7-18(13)10-11-5-6-12(16)8-14(11)15/h5-6,8,13,17H,2-4,7,9-10H2,1H3. The monoisotopic (exact) mass is 314 g/mol. The molecule has 0 aromatic heterocycles. The van der Waals surface area contributed by atoms with Gasteiger partial charge in [-0.05, 0) is 43.6 Å². The lowest BCUT2D eigenvalue weighted by Crippen LogP contribution is -2.37. The molecule has 0 saturated carbocycles. The maximum atomic E-state index is 13.1. The molecule has 1 aliphatic heterocycles. The Morgan fingerprint density at radius 2 is 2.33 bits per heavy atom. The Morgan fingerprint density at radius 3 is 3.06 bits per heavy atom. The lowest BCUT2D eigenvalue weighted by Gasteiger charge is -2.25. The van der Waals surface area contributed by atoms with Crippen molar-refractivity contribution in [2.45, 2.75) is 32.4 Å². The quantitative estimate of drug-likeness (QED) is 0.898. The zero-order valence-corrected chi connectivity index (χ0v) is 12.3. The van der Waals surface area contributed by atoms with E-state index in [4.69, 9.17) is 0 Å². The summed E-state index contributed by atoms with van der Waals surface area (Å²) in [5, 5.41) is 3.42. The van der Waals surface area contributed by atoms with E-state index in [1.807, 2.05) is 6.07 Å². The topological polar surface area (TPSA) is 15.3 Å². The highest BCUT2D eigenvalue weighted by Crippen LogP contribution is 2.24. The molecule has 0 spiro atoms. The first-order chi connectivity index (χ1) is 8.70. The van der Waals surface area contributed by atoms with Crippen molar-refractivity contribution < 1.29 is 4.39 Å². The van der Waals surface area contributed by atoms with Crippen LogP contribution in [0.2, 0.25) is 0 Å². The zero-order valence-electron chi connectivity index (χ0n) is 10.8. The molecule has 0 amide bonds. The smallest absolute Gasteiger partial charge is 0.124 e. The van der Waals surface area contributed by atoms with Gasteiger partial charge >= 0.3 is 0 Å². The molecule has 100 valence electrons. The fraction of sp³-hybridized carbons (Fsp3) is 0.571. The summed E-state index contributed by atoms with van der Waals surface area (Å²) < 4.78 is 13.9. The van der Waals surface area contributed by atoms with E-state index in [0.29, 0.717) is 6.04 Å². The second kappa shape index (κ2) is 6.64. The average Bonchev–Trinajstić information content (AvgIpc) is 2.77. The van der Waals surface area contributed by atoms with E-state index in [1.165, 1.54) is 24.5 Å². The third-order valence-corrected chi connectivity index (χ3v) is 4.26. The van der Waals surface area contributed by atoms with Crippen LogP contribution in [0.3, 0.4) is 0 Å². The van der Waals surface area contributed by atoms with E-state index in [-0.39, 0.29) is 5.82 Å². The Balaban J connectivity index is 1.99. The van der Waals surface area contributed by atoms with E-state index in [0.717, 1.165) is 30.7 Å². The summed E-state index contributed by atoms with van der Waals surface area (Å²) in [6.07, 6.45) is 2.51. The molecule has 1 saturated heterocycles. The number of nitrogens with one attached hydrogen (secondary N) is 1. The normalized spacial score (nSPS) is 20.5. The van der Waals surface area contributed by atoms with Crippen molar-refractivity contribution in [1.29, 1.82) is 0 Å². The van der Waals surface area contributed by atoms with Crippen molar-refractivity contribution in [3.8, 4) is 0 Å². The molecule has 2 nitrogen and oxygen atoms in total. The average molecular weight is 315 g/mol. The zero-order chi connectivity index (χ0) is 13.0. The third-order valence-electron chi connectivity index (χ3n) is 3.52. The first-order valence-electron chi connectivity index (χ1n) is 6.59. The van der Waals surface area contributed by atoms with E-state index >= 15 is 0 Å². The Kier molecular flexibility index (Phi) is 5.15. The molecule has 0 aliphatic carbocycles. The van der Waals surface area contributed by atoms with Crippen LogP contribution in [0.4, 0.5) is 4.39 Å². The van der Waals surface area contributed by atoms with Crippen molar-refractivity contribution in [3.63, 3.8) is 0 Å². The largest absolute Gasteiger partial charge is 0.315 e. The fourth-order valence-electron chi connectivity index (χ4n) is 2.51. The predicted octanol–water partition coefficient (Wildman–Crippen LogP) is 3.16. The van der Waals surface area contributed by atoms with Crippen LogP contribution in [-0.2, 0) is 6.54 Å². The highest BCUT2D eigenvalue weighted by molar-refractivity contribution is 9.10. The minimum Gasteiger partial charge on any atom is -0.315 e. The number of benzene rings is 1. The molecule has 1 atom stereocenters. The van der Waals surface area contributed by atoms with Gasteiger partial charge < -0.3 is 5.32 Å². The molecule has 1 aliphatic rings. The van der Waals surface area contributed by atoms with Gasteiger partial charge in [0.25, 0.3) is 0 Å². The highest BCUT2D eigenvalue weighted by Gasteiger charge is 2.24. The van der Waals surface area contributed by atoms with Crippen LogP contribution >= 0.6 is 15.9 Å². The number of hydrogen-bond acceptors (Lipinski definition) is 2. The van der Waals surface area contributed by atoms with Crippen LogP contribution < -0.4 is 5.32 Å². The van der Waals surface area contributed by atoms with Gasteiger partial charge in [0.05, 0.1) is 0 Å². The summed E-state index contributed by atoms with van der Waals surface area (Å²) in [5.74, 6) is -0.184. The van der Waals surface area contributed by atoms with E-state index < -0.39 is 0 Å². The minimum absolute atomic E-state index is 0.184. The second-order valence-corrected chi connectivity index (χ2v) is 5.66. The second-order valence-electron chi connectivity index (χ2n) is 4.81. The summed E-state index contributed by atoms with van der Waals surface area (Å²) in [4.78, 5) is 2.49. The maximum absolute atomic E-state index is 13.1. The summed E-state index contributed by atoms with van der Waals surface area (Å²) in [6, 6.07) is 5.57. The van der Waals surface area contributed by atoms with Crippen molar-refractivity contribution >= 4 is 15.9 Å². The van der Waals surface area contributed by atoms with Crippen molar-refractivity contribution in [2.24, 2.45) is 0 Å². The van der Waals surface area contributed by atoms with Gasteiger partial charge in [-0.1, -0.05) is 28.9 Å². The van der Waals surface area contributed by atoms with Gasteiger partial charge in [-0.15, -0.1) is 0 Å². The van der Waals surface area contributed by atoms with Gasteiger partial charge in [-0.3, -0.25) is 4.90 Å². The number of halogens is 2. The summed E-state index contributed by atoms with van der Waals surface area (Å²) in [7, 11) is 0. The molecule has 0 bridgehead atoms. The number of hydrogen-bond donors (Lipinski definition) is 1. The Bertz CT molecular complexity index is 397. The molecule has 4 heteroatoms. The van der Waals surface area contributed by atoms with Gasteiger partial charge in [-0.2, -0.15) is 0 Å². The maximum Gasteiger partial charge on any atom is 0.124 e. The molecule has 0 radical (unpaired) electrons. The summed E-state index contributed by atoms with van der Waals surface area (Å²) >= 11 is 3.44. The van der Waals surface area contributed by atoms with E-state index in [2.05, 4.69) is 33.1 Å². The summed E-state index contributed by atoms with van der Waals surface area (Å²) in [5.41, 5.74) is 1.17. The van der Waals surface area contributed by atoms with Crippen LogP contribution in [0, 0.1) is 5.82 Å². The number of likely N-dealkylation sites (N-methyl/N-ethyl adjacent to an activating group) is 1. The van der Waals surface area contributed by atoms with Crippen LogP contribution in [0.5, 0.6) is 0 Å². The molecule has 1 fully saturated rings. The third kappa shape index (κ3) is 3.53. The fourth-order valence-corrected chi connectivity index (χ4v) is 2.99. The lowest BCUT2D eigenvalue weighted by molar-refractivity contribution is 0.239. The highest BCUT2D eigenvalue weighted by atomic mass is 79.9. The van der Waals surface area contributed by atoms with E-state index in [9.17, 15) is 4.39 Å². The number of rotatable bonds is 5. The molecule has 1 aromatic carbocycles. The molecule has 2 rings (SSSR count). The molecular weight excluding hydrogens is 295 g/mol. The van der Waals surface area contributed by atoms with Crippen LogP contribution in [0.25, 0.3) is 0 Å². The molecule has 1 N–H and O–H groups in total. The van der Waals surface area contributed by atoms with Crippen molar-refractivity contribution in [2.75, 3.05) is 19.6 Å². The number of nitrogens with zero attached hydrogens (tertiary/aromatic N) is 1. The van der Waals surface area contributed by atoms with Gasteiger partial charge in [0.2, 0.25) is 0 Å². The first kappa shape index (κ1) is 14.0. The first-order valence-corrected chi connectivity index (χ1v) is 7.38. The van der Waals surface area contributed by atoms with E-state index in [1.54, 1.807) is 6.07 Å². The van der Waals surface area contributed by atoms with Gasteiger partial charge in [0.1, 0.15) is 5.82 Å². The Morgan fingerprint density at radius 1 is 1.50 bits per heavy atom. The Hall–Kier alpha value is -0.450. The van der Waals surface area contributed by atoms with Crippen LogP contribution in [0.15, 0.2) is 22.7 Å². The lowest BCUT2D eigenvalue weighted by atomic mass is 10.2. The minimum atomic E-state index is -0.184. The Labute approximate surface area is 117 Å². The molecule has 1 unspecified atom stereocenters. The van der Waals surface area contributed by atoms with Gasteiger partial charge in [0, 0.05) is 23.6 Å². The van der Waals surface area contributed by atoms with Crippen molar-refractivity contribution in [1.82, 2.24) is 10.2 Å². The van der Waals surface area contributed by atoms with Gasteiger partial charge in [0.15, 0.2) is 0 Å². The van der Waals surface area contributed by atoms with Crippen LogP contribution in [-0.4, -0.2) is 30.6 Å². The molecule has 1 heterocycles. The summed E-state index contributed by atoms with van der Waals surface area (Å²) in [6.45, 7) is 6.24. The van der Waals surface area contributed by atoms with Crippen molar-refractivity contribution in [3.05, 3.63) is 34.1 Å². The molecule has 1 aromatic rings. The van der Waals surface area contributed by atoms with Gasteiger partial charge in [-0.25, -0.2) is 4.39 Å².